The molecule has 0 aliphatic heterocycles. The van der Waals surface area contributed by atoms with Gasteiger partial charge < -0.3 is 10.2 Å². The van der Waals surface area contributed by atoms with Crippen LogP contribution in [0.4, 0.5) is 0 Å². The monoisotopic (exact) mass is 172 g/mol. The quantitative estimate of drug-likeness (QED) is 0.632. The van der Waals surface area contributed by atoms with E-state index >= 15 is 0 Å². The van der Waals surface area contributed by atoms with E-state index in [4.69, 9.17) is 0 Å². The van der Waals surface area contributed by atoms with Gasteiger partial charge in [-0.3, -0.25) is 0 Å². The maximum Gasteiger partial charge on any atom is 0.0930 e. The Morgan fingerprint density at radius 3 is 2.33 bits per heavy atom. The van der Waals surface area contributed by atoms with Gasteiger partial charge in [-0.05, 0) is 32.6 Å². The molecule has 12 heavy (non-hydrogen) atoms. The maximum atomic E-state index is 10.1. The van der Waals surface area contributed by atoms with Crippen molar-refractivity contribution in [2.24, 2.45) is 5.92 Å². The first-order chi connectivity index (χ1) is 5.35. The van der Waals surface area contributed by atoms with E-state index in [1.807, 2.05) is 0 Å². The van der Waals surface area contributed by atoms with Crippen molar-refractivity contribution >= 4 is 0 Å². The molecule has 0 heterocycles. The molecule has 0 radical (unpaired) electrons. The summed E-state index contributed by atoms with van der Waals surface area (Å²) in [6.45, 7) is 5.53. The summed E-state index contributed by atoms with van der Waals surface area (Å²) in [5, 5.41) is 19.9. The zero-order valence-corrected chi connectivity index (χ0v) is 8.30. The van der Waals surface area contributed by atoms with Gasteiger partial charge >= 0.3 is 0 Å². The summed E-state index contributed by atoms with van der Waals surface area (Å²) in [5.74, 6) is 0.537. The van der Waals surface area contributed by atoms with Crippen LogP contribution >= 0.6 is 0 Å². The van der Waals surface area contributed by atoms with E-state index in [0.717, 1.165) is 19.3 Å². The summed E-state index contributed by atoms with van der Waals surface area (Å²) in [7, 11) is 0. The van der Waals surface area contributed by atoms with Crippen LogP contribution in [-0.4, -0.2) is 21.4 Å². The fourth-order valence-corrected chi connectivity index (χ4v) is 2.08. The van der Waals surface area contributed by atoms with Gasteiger partial charge in [-0.2, -0.15) is 0 Å². The van der Waals surface area contributed by atoms with Gasteiger partial charge in [0.2, 0.25) is 0 Å². The third-order valence-corrected chi connectivity index (χ3v) is 3.11. The third-order valence-electron chi connectivity index (χ3n) is 3.11. The van der Waals surface area contributed by atoms with E-state index in [0.29, 0.717) is 5.92 Å². The van der Waals surface area contributed by atoms with Gasteiger partial charge in [-0.15, -0.1) is 0 Å². The fourth-order valence-electron chi connectivity index (χ4n) is 2.08. The van der Waals surface area contributed by atoms with Crippen molar-refractivity contribution in [1.82, 2.24) is 0 Å². The molecule has 2 nitrogen and oxygen atoms in total. The van der Waals surface area contributed by atoms with Gasteiger partial charge in [0.05, 0.1) is 11.2 Å². The van der Waals surface area contributed by atoms with Crippen molar-refractivity contribution in [3.05, 3.63) is 0 Å². The highest BCUT2D eigenvalue weighted by Crippen LogP contribution is 2.39. The Labute approximate surface area is 74.6 Å². The molecular weight excluding hydrogens is 152 g/mol. The minimum Gasteiger partial charge on any atom is -0.387 e. The summed E-state index contributed by atoms with van der Waals surface area (Å²) in [4.78, 5) is 0. The number of aliphatic hydroxyl groups is 2. The third kappa shape index (κ3) is 1.80. The van der Waals surface area contributed by atoms with Crippen molar-refractivity contribution in [2.75, 3.05) is 0 Å². The molecule has 1 rings (SSSR count). The summed E-state index contributed by atoms with van der Waals surface area (Å²) in [5.41, 5.74) is -1.81. The zero-order chi connectivity index (χ0) is 9.41. The second-order valence-corrected chi connectivity index (χ2v) is 4.79. The Hall–Kier alpha value is -0.0800. The highest BCUT2D eigenvalue weighted by Gasteiger charge is 2.44. The SMILES string of the molecule is CC1CCCC(O)(C(C)(C)O)C1. The zero-order valence-electron chi connectivity index (χ0n) is 8.30. The Morgan fingerprint density at radius 2 is 2.00 bits per heavy atom. The molecule has 0 aromatic carbocycles. The topological polar surface area (TPSA) is 40.5 Å². The number of hydrogen-bond donors (Lipinski definition) is 2. The van der Waals surface area contributed by atoms with Gasteiger partial charge in [0, 0.05) is 0 Å². The second kappa shape index (κ2) is 3.00. The highest BCUT2D eigenvalue weighted by molar-refractivity contribution is 4.96. The number of hydrogen-bond acceptors (Lipinski definition) is 2. The number of rotatable bonds is 1. The Bertz CT molecular complexity index is 160. The highest BCUT2D eigenvalue weighted by atomic mass is 16.4. The second-order valence-electron chi connectivity index (χ2n) is 4.79. The van der Waals surface area contributed by atoms with Gasteiger partial charge in [0.1, 0.15) is 0 Å². The van der Waals surface area contributed by atoms with Crippen LogP contribution in [0.1, 0.15) is 46.5 Å². The Balaban J connectivity index is 2.70. The minimum absolute atomic E-state index is 0.537. The summed E-state index contributed by atoms with van der Waals surface area (Å²) >= 11 is 0. The lowest BCUT2D eigenvalue weighted by Gasteiger charge is -2.43. The molecule has 1 saturated carbocycles. The normalized spacial score (nSPS) is 38.2. The fraction of sp³-hybridized carbons (Fsp3) is 1.00. The van der Waals surface area contributed by atoms with E-state index in [-0.39, 0.29) is 0 Å². The predicted octanol–water partition coefficient (Wildman–Crippen LogP) is 1.70. The molecule has 2 N–H and O–H groups in total. The largest absolute Gasteiger partial charge is 0.387 e. The van der Waals surface area contributed by atoms with Crippen LogP contribution < -0.4 is 0 Å². The molecular formula is C10H20O2. The predicted molar refractivity (Wildman–Crippen MR) is 48.9 cm³/mol. The molecule has 72 valence electrons. The molecule has 0 aromatic rings. The molecule has 2 unspecified atom stereocenters. The molecule has 0 aromatic heterocycles. The lowest BCUT2D eigenvalue weighted by molar-refractivity contribution is -0.156. The lowest BCUT2D eigenvalue weighted by atomic mass is 9.71. The Kier molecular flexibility index (Phi) is 2.50. The first-order valence-corrected chi connectivity index (χ1v) is 4.80. The van der Waals surface area contributed by atoms with E-state index in [2.05, 4.69) is 6.92 Å². The summed E-state index contributed by atoms with van der Waals surface area (Å²) < 4.78 is 0. The first-order valence-electron chi connectivity index (χ1n) is 4.80. The molecule has 0 saturated heterocycles. The van der Waals surface area contributed by atoms with Crippen molar-refractivity contribution in [1.29, 1.82) is 0 Å². The molecule has 0 amide bonds. The van der Waals surface area contributed by atoms with E-state index in [1.165, 1.54) is 6.42 Å². The standard InChI is InChI=1S/C10H20O2/c1-8-5-4-6-10(12,7-8)9(2,3)11/h8,11-12H,4-7H2,1-3H3. The molecule has 1 aliphatic carbocycles. The van der Waals surface area contributed by atoms with Crippen LogP contribution in [0, 0.1) is 5.92 Å². The van der Waals surface area contributed by atoms with Crippen molar-refractivity contribution in [2.45, 2.75) is 57.7 Å². The first kappa shape index (κ1) is 10.0. The van der Waals surface area contributed by atoms with Gasteiger partial charge in [0.15, 0.2) is 0 Å². The van der Waals surface area contributed by atoms with Crippen LogP contribution in [0.3, 0.4) is 0 Å². The Morgan fingerprint density at radius 1 is 1.42 bits per heavy atom. The average Bonchev–Trinajstić information content (AvgIpc) is 1.83. The van der Waals surface area contributed by atoms with E-state index in [1.54, 1.807) is 13.8 Å². The molecule has 2 atom stereocenters. The van der Waals surface area contributed by atoms with Crippen molar-refractivity contribution in [3.63, 3.8) is 0 Å². The van der Waals surface area contributed by atoms with Gasteiger partial charge in [0.25, 0.3) is 0 Å². The van der Waals surface area contributed by atoms with Crippen LogP contribution in [0.2, 0.25) is 0 Å². The van der Waals surface area contributed by atoms with E-state index in [9.17, 15) is 10.2 Å². The van der Waals surface area contributed by atoms with Crippen LogP contribution in [0.25, 0.3) is 0 Å². The average molecular weight is 172 g/mol. The summed E-state index contributed by atoms with van der Waals surface area (Å²) in [6, 6.07) is 0. The maximum absolute atomic E-state index is 10.1. The molecule has 0 spiro atoms. The van der Waals surface area contributed by atoms with Crippen molar-refractivity contribution < 1.29 is 10.2 Å². The van der Waals surface area contributed by atoms with Gasteiger partial charge in [-0.1, -0.05) is 19.8 Å². The molecule has 1 fully saturated rings. The van der Waals surface area contributed by atoms with E-state index < -0.39 is 11.2 Å². The minimum atomic E-state index is -0.957. The van der Waals surface area contributed by atoms with Gasteiger partial charge in [-0.25, -0.2) is 0 Å². The molecule has 2 heteroatoms. The molecule has 1 aliphatic rings. The van der Waals surface area contributed by atoms with Crippen molar-refractivity contribution in [3.8, 4) is 0 Å². The van der Waals surface area contributed by atoms with Crippen LogP contribution in [0.5, 0.6) is 0 Å². The van der Waals surface area contributed by atoms with Crippen LogP contribution in [0.15, 0.2) is 0 Å². The van der Waals surface area contributed by atoms with Crippen LogP contribution in [-0.2, 0) is 0 Å². The summed E-state index contributed by atoms with van der Waals surface area (Å²) in [6.07, 6.45) is 3.68. The smallest absolute Gasteiger partial charge is 0.0930 e. The lowest BCUT2D eigenvalue weighted by Crippen LogP contribution is -2.52. The molecule has 0 bridgehead atoms.